The van der Waals surface area contributed by atoms with Gasteiger partial charge in [-0.2, -0.15) is 0 Å². The number of hydrogen-bond donors (Lipinski definition) is 2. The third-order valence-electron chi connectivity index (χ3n) is 2.62. The van der Waals surface area contributed by atoms with Crippen LogP contribution in [0.3, 0.4) is 0 Å². The molecule has 5 heteroatoms. The molecule has 19 heavy (non-hydrogen) atoms. The quantitative estimate of drug-likeness (QED) is 0.719. The van der Waals surface area contributed by atoms with Gasteiger partial charge in [-0.3, -0.25) is 4.79 Å². The molecule has 0 aliphatic carbocycles. The van der Waals surface area contributed by atoms with Crippen molar-refractivity contribution in [2.45, 2.75) is 25.8 Å². The zero-order valence-corrected chi connectivity index (χ0v) is 12.1. The topological polar surface area (TPSA) is 64.3 Å². The zero-order chi connectivity index (χ0) is 13.2. The Morgan fingerprint density at radius 1 is 1.37 bits per heavy atom. The molecule has 1 unspecified atom stereocenters. The molecule has 0 bridgehead atoms. The molecule has 3 N–H and O–H groups in total. The number of amides is 1. The van der Waals surface area contributed by atoms with E-state index in [2.05, 4.69) is 12.2 Å². The van der Waals surface area contributed by atoms with Crippen LogP contribution in [0, 0.1) is 0 Å². The zero-order valence-electron chi connectivity index (χ0n) is 11.3. The van der Waals surface area contributed by atoms with Crippen molar-refractivity contribution in [3.8, 4) is 0 Å². The second-order valence-corrected chi connectivity index (χ2v) is 4.23. The summed E-state index contributed by atoms with van der Waals surface area (Å²) in [4.78, 5) is 11.5. The van der Waals surface area contributed by atoms with Crippen LogP contribution in [0.5, 0.6) is 0 Å². The summed E-state index contributed by atoms with van der Waals surface area (Å²) in [5, 5.41) is 2.77. The van der Waals surface area contributed by atoms with Crippen LogP contribution in [-0.2, 0) is 9.53 Å². The van der Waals surface area contributed by atoms with Gasteiger partial charge in [0, 0.05) is 19.2 Å². The van der Waals surface area contributed by atoms with Crippen LogP contribution in [0.4, 0.5) is 0 Å². The van der Waals surface area contributed by atoms with E-state index in [1.807, 2.05) is 30.3 Å². The molecule has 0 heterocycles. The first-order valence-corrected chi connectivity index (χ1v) is 6.39. The highest BCUT2D eigenvalue weighted by Gasteiger charge is 2.07. The van der Waals surface area contributed by atoms with Gasteiger partial charge in [-0.25, -0.2) is 0 Å². The van der Waals surface area contributed by atoms with Crippen molar-refractivity contribution in [2.75, 3.05) is 19.8 Å². The SMILES string of the molecule is CCCCOCC(=O)NCC(N)c1ccccc1.Cl. The number of carbonyl (C=O) groups is 1. The van der Waals surface area contributed by atoms with Gasteiger partial charge in [0.1, 0.15) is 6.61 Å². The fourth-order valence-corrected chi connectivity index (χ4v) is 1.50. The molecule has 1 rings (SSSR count). The lowest BCUT2D eigenvalue weighted by Gasteiger charge is -2.13. The third-order valence-corrected chi connectivity index (χ3v) is 2.62. The smallest absolute Gasteiger partial charge is 0.246 e. The van der Waals surface area contributed by atoms with E-state index >= 15 is 0 Å². The normalized spacial score (nSPS) is 11.5. The Balaban J connectivity index is 0.00000324. The summed E-state index contributed by atoms with van der Waals surface area (Å²) < 4.78 is 5.22. The standard InChI is InChI=1S/C14H22N2O2.ClH/c1-2-3-9-18-11-14(17)16-10-13(15)12-7-5-4-6-8-12;/h4-8,13H,2-3,9-11,15H2,1H3,(H,16,17);1H. The van der Waals surface area contributed by atoms with Crippen LogP contribution in [0.25, 0.3) is 0 Å². The van der Waals surface area contributed by atoms with Gasteiger partial charge < -0.3 is 15.8 Å². The van der Waals surface area contributed by atoms with Crippen LogP contribution >= 0.6 is 12.4 Å². The minimum absolute atomic E-state index is 0. The maximum Gasteiger partial charge on any atom is 0.246 e. The van der Waals surface area contributed by atoms with Crippen LogP contribution in [0.15, 0.2) is 30.3 Å². The summed E-state index contributed by atoms with van der Waals surface area (Å²) in [6.45, 7) is 3.26. The van der Waals surface area contributed by atoms with Gasteiger partial charge in [0.2, 0.25) is 5.91 Å². The van der Waals surface area contributed by atoms with Crippen LogP contribution in [-0.4, -0.2) is 25.7 Å². The Kier molecular flexibility index (Phi) is 10.2. The molecule has 0 spiro atoms. The second kappa shape index (κ2) is 10.8. The van der Waals surface area contributed by atoms with Crippen molar-refractivity contribution in [3.63, 3.8) is 0 Å². The predicted octanol–water partition coefficient (Wildman–Crippen LogP) is 2.04. The summed E-state index contributed by atoms with van der Waals surface area (Å²) >= 11 is 0. The van der Waals surface area contributed by atoms with Crippen molar-refractivity contribution in [2.24, 2.45) is 5.73 Å². The van der Waals surface area contributed by atoms with Gasteiger partial charge in [0.15, 0.2) is 0 Å². The molecule has 108 valence electrons. The molecular formula is C14H23ClN2O2. The Morgan fingerprint density at radius 2 is 2.05 bits per heavy atom. The molecule has 0 fully saturated rings. The van der Waals surface area contributed by atoms with Crippen molar-refractivity contribution in [1.82, 2.24) is 5.32 Å². The van der Waals surface area contributed by atoms with Crippen molar-refractivity contribution in [1.29, 1.82) is 0 Å². The van der Waals surface area contributed by atoms with Crippen LogP contribution < -0.4 is 11.1 Å². The van der Waals surface area contributed by atoms with E-state index in [4.69, 9.17) is 10.5 Å². The van der Waals surface area contributed by atoms with Gasteiger partial charge in [-0.15, -0.1) is 12.4 Å². The third kappa shape index (κ3) is 7.82. The van der Waals surface area contributed by atoms with Crippen LogP contribution in [0.1, 0.15) is 31.4 Å². The number of halogens is 1. The molecule has 1 atom stereocenters. The Hall–Kier alpha value is -1.10. The lowest BCUT2D eigenvalue weighted by molar-refractivity contribution is -0.125. The highest BCUT2D eigenvalue weighted by Crippen LogP contribution is 2.07. The van der Waals surface area contributed by atoms with E-state index in [9.17, 15) is 4.79 Å². The number of unbranched alkanes of at least 4 members (excludes halogenated alkanes) is 1. The largest absolute Gasteiger partial charge is 0.372 e. The molecule has 0 radical (unpaired) electrons. The number of nitrogens with two attached hydrogens (primary N) is 1. The highest BCUT2D eigenvalue weighted by molar-refractivity contribution is 5.85. The molecule has 0 saturated carbocycles. The highest BCUT2D eigenvalue weighted by atomic mass is 35.5. The second-order valence-electron chi connectivity index (χ2n) is 4.23. The molecule has 1 amide bonds. The molecule has 0 aliphatic heterocycles. The van der Waals surface area contributed by atoms with E-state index in [0.717, 1.165) is 18.4 Å². The van der Waals surface area contributed by atoms with Gasteiger partial charge in [0.25, 0.3) is 0 Å². The number of rotatable bonds is 8. The number of hydrogen-bond acceptors (Lipinski definition) is 3. The summed E-state index contributed by atoms with van der Waals surface area (Å²) in [7, 11) is 0. The van der Waals surface area contributed by atoms with Gasteiger partial charge in [-0.05, 0) is 12.0 Å². The van der Waals surface area contributed by atoms with Crippen LogP contribution in [0.2, 0.25) is 0 Å². The lowest BCUT2D eigenvalue weighted by Crippen LogP contribution is -2.34. The number of nitrogens with one attached hydrogen (secondary N) is 1. The average molecular weight is 287 g/mol. The maximum absolute atomic E-state index is 11.5. The first kappa shape index (κ1) is 17.9. The first-order chi connectivity index (χ1) is 8.74. The molecule has 1 aromatic carbocycles. The molecule has 0 saturated heterocycles. The van der Waals surface area contributed by atoms with Gasteiger partial charge >= 0.3 is 0 Å². The maximum atomic E-state index is 11.5. The van der Waals surface area contributed by atoms with Crippen molar-refractivity contribution >= 4 is 18.3 Å². The summed E-state index contributed by atoms with van der Waals surface area (Å²) in [5.41, 5.74) is 6.98. The van der Waals surface area contributed by atoms with Crippen molar-refractivity contribution in [3.05, 3.63) is 35.9 Å². The number of benzene rings is 1. The van der Waals surface area contributed by atoms with Gasteiger partial charge in [0.05, 0.1) is 0 Å². The molecule has 0 aromatic heterocycles. The number of ether oxygens (including phenoxy) is 1. The summed E-state index contributed by atoms with van der Waals surface area (Å²) in [5.74, 6) is -0.113. The Labute approximate surface area is 121 Å². The minimum atomic E-state index is -0.175. The summed E-state index contributed by atoms with van der Waals surface area (Å²) in [6, 6.07) is 9.54. The molecule has 4 nitrogen and oxygen atoms in total. The van der Waals surface area contributed by atoms with Gasteiger partial charge in [-0.1, -0.05) is 43.7 Å². The van der Waals surface area contributed by atoms with E-state index < -0.39 is 0 Å². The average Bonchev–Trinajstić information content (AvgIpc) is 2.42. The fourth-order valence-electron chi connectivity index (χ4n) is 1.50. The van der Waals surface area contributed by atoms with Crippen molar-refractivity contribution < 1.29 is 9.53 Å². The van der Waals surface area contributed by atoms with E-state index in [-0.39, 0.29) is 31.0 Å². The number of carbonyl (C=O) groups excluding carboxylic acids is 1. The molecule has 0 aliphatic rings. The monoisotopic (exact) mass is 286 g/mol. The lowest BCUT2D eigenvalue weighted by atomic mass is 10.1. The summed E-state index contributed by atoms with van der Waals surface area (Å²) in [6.07, 6.45) is 2.05. The minimum Gasteiger partial charge on any atom is -0.372 e. The molecule has 1 aromatic rings. The van der Waals surface area contributed by atoms with E-state index in [1.165, 1.54) is 0 Å². The Morgan fingerprint density at radius 3 is 2.68 bits per heavy atom. The first-order valence-electron chi connectivity index (χ1n) is 6.39. The van der Waals surface area contributed by atoms with E-state index in [1.54, 1.807) is 0 Å². The Bertz CT molecular complexity index is 347. The fraction of sp³-hybridized carbons (Fsp3) is 0.500. The van der Waals surface area contributed by atoms with E-state index in [0.29, 0.717) is 13.2 Å². The molecular weight excluding hydrogens is 264 g/mol. The predicted molar refractivity (Wildman–Crippen MR) is 79.4 cm³/mol.